The van der Waals surface area contributed by atoms with Crippen molar-refractivity contribution in [2.45, 2.75) is 37.3 Å². The number of imidazole rings is 1. The number of ether oxygens (including phenoxy) is 2. The third-order valence-corrected chi connectivity index (χ3v) is 9.44. The summed E-state index contributed by atoms with van der Waals surface area (Å²) in [6.45, 7) is 3.85. The Morgan fingerprint density at radius 3 is 2.68 bits per heavy atom. The molecular formula is C32H38F2N8O4S. The van der Waals surface area contributed by atoms with E-state index in [1.165, 1.54) is 24.6 Å². The van der Waals surface area contributed by atoms with Gasteiger partial charge < -0.3 is 35.8 Å². The molecule has 0 spiro atoms. The lowest BCUT2D eigenvalue weighted by atomic mass is 9.75. The van der Waals surface area contributed by atoms with E-state index < -0.39 is 32.5 Å². The number of nitrogens with two attached hydrogens (primary N) is 1. The van der Waals surface area contributed by atoms with Gasteiger partial charge in [-0.05, 0) is 48.8 Å². The van der Waals surface area contributed by atoms with E-state index in [0.717, 1.165) is 17.8 Å². The first kappa shape index (κ1) is 34.1. The molecule has 2 aliphatic heterocycles. The van der Waals surface area contributed by atoms with Crippen molar-refractivity contribution in [3.63, 3.8) is 0 Å². The second-order valence-corrected chi connectivity index (χ2v) is 14.3. The van der Waals surface area contributed by atoms with E-state index in [9.17, 15) is 13.7 Å². The zero-order valence-corrected chi connectivity index (χ0v) is 27.0. The van der Waals surface area contributed by atoms with Crippen LogP contribution in [-0.4, -0.2) is 86.1 Å². The summed E-state index contributed by atoms with van der Waals surface area (Å²) in [6, 6.07) is 5.99. The van der Waals surface area contributed by atoms with Crippen molar-refractivity contribution in [1.29, 1.82) is 10.7 Å². The maximum atomic E-state index is 15.1. The van der Waals surface area contributed by atoms with Crippen LogP contribution in [0.1, 0.15) is 36.6 Å². The summed E-state index contributed by atoms with van der Waals surface area (Å²) in [4.78, 5) is 13.8. The lowest BCUT2D eigenvalue weighted by Crippen LogP contribution is -2.57. The maximum Gasteiger partial charge on any atom is 0.205 e. The highest BCUT2D eigenvalue weighted by Crippen LogP contribution is 2.36. The SMILES string of the molecule is C[C@H]1CN(c2ccncc2Nc2ncc(/C=C\C(=N)c3c(F)cc(C4(C#N)CCOCC4)cc3F)[nH]2)C[C@@H](N)[C@H]1OCCS(C)(=O)=O. The van der Waals surface area contributed by atoms with E-state index in [2.05, 4.69) is 31.2 Å². The van der Waals surface area contributed by atoms with Crippen molar-refractivity contribution in [3.05, 3.63) is 71.3 Å². The summed E-state index contributed by atoms with van der Waals surface area (Å²) in [7, 11) is -3.14. The molecule has 2 aliphatic rings. The van der Waals surface area contributed by atoms with Crippen molar-refractivity contribution in [1.82, 2.24) is 15.0 Å². The number of aromatic nitrogens is 3. The highest BCUT2D eigenvalue weighted by atomic mass is 32.2. The van der Waals surface area contributed by atoms with Crippen molar-refractivity contribution < 1.29 is 26.7 Å². The normalized spacial score (nSPS) is 21.4. The molecule has 5 N–H and O–H groups in total. The zero-order valence-electron chi connectivity index (χ0n) is 26.2. The molecular weight excluding hydrogens is 630 g/mol. The Morgan fingerprint density at radius 1 is 1.30 bits per heavy atom. The predicted molar refractivity (Wildman–Crippen MR) is 174 cm³/mol. The monoisotopic (exact) mass is 668 g/mol. The van der Waals surface area contributed by atoms with Crippen LogP contribution in [0.2, 0.25) is 0 Å². The fraction of sp³-hybridized carbons (Fsp3) is 0.438. The highest BCUT2D eigenvalue weighted by molar-refractivity contribution is 7.90. The molecule has 12 nitrogen and oxygen atoms in total. The number of nitrogens with zero attached hydrogens (tertiary/aromatic N) is 4. The Bertz CT molecular complexity index is 1750. The Balaban J connectivity index is 1.24. The molecule has 3 aromatic rings. The molecule has 3 atom stereocenters. The number of hydrogen-bond donors (Lipinski definition) is 4. The third kappa shape index (κ3) is 8.02. The van der Waals surface area contributed by atoms with Gasteiger partial charge in [0.05, 0.1) is 70.7 Å². The van der Waals surface area contributed by atoms with Crippen LogP contribution in [0.4, 0.5) is 26.1 Å². The Kier molecular flexibility index (Phi) is 10.4. The number of allylic oxidation sites excluding steroid dienone is 1. The van der Waals surface area contributed by atoms with Gasteiger partial charge >= 0.3 is 0 Å². The molecule has 1 aromatic carbocycles. The van der Waals surface area contributed by atoms with E-state index in [1.54, 1.807) is 12.4 Å². The number of sulfone groups is 1. The van der Waals surface area contributed by atoms with Crippen LogP contribution in [0.25, 0.3) is 6.08 Å². The van der Waals surface area contributed by atoms with Gasteiger partial charge in [0.2, 0.25) is 5.95 Å². The summed E-state index contributed by atoms with van der Waals surface area (Å²) >= 11 is 0. The average molecular weight is 669 g/mol. The molecule has 0 saturated carbocycles. The van der Waals surface area contributed by atoms with E-state index in [4.69, 9.17) is 20.6 Å². The fourth-order valence-corrected chi connectivity index (χ4v) is 6.44. The van der Waals surface area contributed by atoms with Gasteiger partial charge in [-0.1, -0.05) is 6.92 Å². The number of halogens is 2. The molecule has 0 unspecified atom stereocenters. The molecule has 47 heavy (non-hydrogen) atoms. The van der Waals surface area contributed by atoms with Crippen LogP contribution in [-0.2, 0) is 24.7 Å². The molecule has 250 valence electrons. The van der Waals surface area contributed by atoms with Gasteiger partial charge in [0.1, 0.15) is 21.5 Å². The summed E-state index contributed by atoms with van der Waals surface area (Å²) in [5.74, 6) is -1.49. The smallest absolute Gasteiger partial charge is 0.205 e. The van der Waals surface area contributed by atoms with E-state index in [-0.39, 0.29) is 41.7 Å². The van der Waals surface area contributed by atoms with Gasteiger partial charge in [0, 0.05) is 50.7 Å². The first-order valence-electron chi connectivity index (χ1n) is 15.2. The van der Waals surface area contributed by atoms with E-state index >= 15 is 8.78 Å². The Morgan fingerprint density at radius 2 is 2.02 bits per heavy atom. The van der Waals surface area contributed by atoms with E-state index in [0.29, 0.717) is 56.5 Å². The quantitative estimate of drug-likeness (QED) is 0.220. The number of nitrogens with one attached hydrogen (secondary N) is 3. The molecule has 5 rings (SSSR count). The first-order chi connectivity index (χ1) is 22.4. The Hall–Kier alpha value is -4.23. The zero-order chi connectivity index (χ0) is 33.8. The van der Waals surface area contributed by atoms with Crippen LogP contribution in [0.15, 0.2) is 42.9 Å². The molecule has 15 heteroatoms. The van der Waals surface area contributed by atoms with Crippen LogP contribution >= 0.6 is 0 Å². The minimum absolute atomic E-state index is 0.0233. The molecule has 2 fully saturated rings. The minimum atomic E-state index is -3.14. The molecule has 0 radical (unpaired) electrons. The van der Waals surface area contributed by atoms with E-state index in [1.807, 2.05) is 13.0 Å². The van der Waals surface area contributed by atoms with Gasteiger partial charge in [-0.3, -0.25) is 4.98 Å². The number of anilines is 3. The van der Waals surface area contributed by atoms with Crippen molar-refractivity contribution in [3.8, 4) is 6.07 Å². The molecule has 0 bridgehead atoms. The van der Waals surface area contributed by atoms with Gasteiger partial charge in [-0.2, -0.15) is 5.26 Å². The Labute approximate surface area is 272 Å². The maximum absolute atomic E-state index is 15.1. The van der Waals surface area contributed by atoms with Crippen LogP contribution in [0, 0.1) is 34.3 Å². The number of hydrogen-bond acceptors (Lipinski definition) is 11. The number of benzene rings is 1. The number of nitriles is 1. The van der Waals surface area contributed by atoms with Crippen LogP contribution in [0.3, 0.4) is 0 Å². The van der Waals surface area contributed by atoms with Crippen LogP contribution < -0.4 is 16.0 Å². The summed E-state index contributed by atoms with van der Waals surface area (Å²) < 4.78 is 64.4. The molecule has 0 amide bonds. The average Bonchev–Trinajstić information content (AvgIpc) is 3.48. The fourth-order valence-electron chi connectivity index (χ4n) is 6.04. The number of pyridine rings is 1. The van der Waals surface area contributed by atoms with Gasteiger partial charge in [-0.25, -0.2) is 22.2 Å². The van der Waals surface area contributed by atoms with Crippen molar-refractivity contribution in [2.24, 2.45) is 11.7 Å². The van der Waals surface area contributed by atoms with Crippen molar-refractivity contribution in [2.75, 3.05) is 55.1 Å². The predicted octanol–water partition coefficient (Wildman–Crippen LogP) is 3.69. The number of H-pyrrole nitrogens is 1. The molecule has 4 heterocycles. The number of piperidine rings is 1. The summed E-state index contributed by atoms with van der Waals surface area (Å²) in [5, 5.41) is 21.3. The second kappa shape index (κ2) is 14.3. The van der Waals surface area contributed by atoms with Gasteiger partial charge in [-0.15, -0.1) is 0 Å². The minimum Gasteiger partial charge on any atom is -0.381 e. The lowest BCUT2D eigenvalue weighted by molar-refractivity contribution is 0.00183. The van der Waals surface area contributed by atoms with Gasteiger partial charge in [0.15, 0.2) is 0 Å². The number of rotatable bonds is 11. The van der Waals surface area contributed by atoms with Gasteiger partial charge in [0.25, 0.3) is 0 Å². The third-order valence-electron chi connectivity index (χ3n) is 8.53. The number of aromatic amines is 1. The topological polar surface area (TPSA) is 183 Å². The molecule has 2 aromatic heterocycles. The highest BCUT2D eigenvalue weighted by Gasteiger charge is 2.36. The summed E-state index contributed by atoms with van der Waals surface area (Å²) in [6.07, 6.45) is 9.15. The molecule has 0 aliphatic carbocycles. The van der Waals surface area contributed by atoms with Crippen LogP contribution in [0.5, 0.6) is 0 Å². The largest absolute Gasteiger partial charge is 0.381 e. The second-order valence-electron chi connectivity index (χ2n) is 12.1. The summed E-state index contributed by atoms with van der Waals surface area (Å²) in [5.41, 5.74) is 6.79. The molecule has 2 saturated heterocycles. The standard InChI is InChI=1S/C32H38F2N8O4S/c1-20-17-42(18-26(37)30(20)46-11-12-47(2,43)44)28-5-8-38-16-27(28)41-31-39-15-22(40-31)3-4-25(36)29-23(33)13-21(14-24(29)34)32(19-35)6-9-45-10-7-32/h3-5,8,13-16,20,26,30,36H,6-7,9-12,17-18,37H2,1-2H3,(H2,39,40,41)/b4-3-,36-25?/t20-,26+,30-/m0/s1. The lowest BCUT2D eigenvalue weighted by Gasteiger charge is -2.42. The van der Waals surface area contributed by atoms with Crippen molar-refractivity contribution >= 4 is 38.9 Å². The first-order valence-corrected chi connectivity index (χ1v) is 17.3.